The number of aromatic amines is 1. The Balaban J connectivity index is 1.54. The van der Waals surface area contributed by atoms with Crippen molar-refractivity contribution in [2.24, 2.45) is 11.8 Å². The number of nitrogens with one attached hydrogen (secondary N) is 7. The maximum Gasteiger partial charge on any atom is 0.326 e. The van der Waals surface area contributed by atoms with E-state index >= 15 is 0 Å². The molecule has 0 aliphatic heterocycles. The highest BCUT2D eigenvalue weighted by atomic mass is 16.4. The second-order valence-electron chi connectivity index (χ2n) is 16.1. The third-order valence-corrected chi connectivity index (χ3v) is 11.2. The summed E-state index contributed by atoms with van der Waals surface area (Å²) in [5, 5.41) is 36.4. The Morgan fingerprint density at radius 3 is 1.47 bits per heavy atom. The lowest BCUT2D eigenvalue weighted by Crippen LogP contribution is -2.61. The molecule has 9 N–H and O–H groups in total. The summed E-state index contributed by atoms with van der Waals surface area (Å²) in [6, 6.07) is 16.8. The van der Waals surface area contributed by atoms with Crippen LogP contribution in [-0.2, 0) is 57.6 Å². The summed E-state index contributed by atoms with van der Waals surface area (Å²) in [5.74, 6) is -8.44. The number of aromatic nitrogens is 1. The number of carboxylic acid groups (broad SMARTS) is 2. The molecule has 0 aliphatic carbocycles. The number of benzene rings is 3. The van der Waals surface area contributed by atoms with Gasteiger partial charge in [-0.2, -0.15) is 0 Å². The monoisotopic (exact) mass is 881 g/mol. The van der Waals surface area contributed by atoms with Crippen LogP contribution in [0.3, 0.4) is 0 Å². The van der Waals surface area contributed by atoms with Crippen LogP contribution in [0.4, 0.5) is 0 Å². The van der Waals surface area contributed by atoms with E-state index in [-0.39, 0.29) is 19.3 Å². The average molecular weight is 882 g/mol. The van der Waals surface area contributed by atoms with E-state index in [0.29, 0.717) is 24.0 Å². The number of amides is 6. The Hall–Kier alpha value is -7.04. The first-order valence-corrected chi connectivity index (χ1v) is 21.4. The molecule has 4 aromatic rings. The quantitative estimate of drug-likeness (QED) is 0.0497. The van der Waals surface area contributed by atoms with E-state index in [0.717, 1.165) is 16.5 Å². The van der Waals surface area contributed by atoms with E-state index in [9.17, 15) is 48.6 Å². The van der Waals surface area contributed by atoms with E-state index in [1.54, 1.807) is 94.6 Å². The number of carbonyl (C=O) groups is 8. The number of fused-ring (bicyclic) bond motifs is 1. The Morgan fingerprint density at radius 1 is 0.531 bits per heavy atom. The van der Waals surface area contributed by atoms with Crippen LogP contribution in [0, 0.1) is 11.8 Å². The summed E-state index contributed by atoms with van der Waals surface area (Å²) < 4.78 is 0. The molecule has 0 saturated heterocycles. The Bertz CT molecular complexity index is 2250. The largest absolute Gasteiger partial charge is 0.481 e. The first-order valence-electron chi connectivity index (χ1n) is 21.4. The lowest BCUT2D eigenvalue weighted by molar-refractivity contribution is -0.142. The molecule has 64 heavy (non-hydrogen) atoms. The molecular weight excluding hydrogens is 823 g/mol. The molecule has 0 fully saturated rings. The van der Waals surface area contributed by atoms with Gasteiger partial charge in [0.1, 0.15) is 36.3 Å². The molecule has 8 atom stereocenters. The molecule has 1 heterocycles. The van der Waals surface area contributed by atoms with Crippen LogP contribution in [-0.4, -0.2) is 98.8 Å². The number of H-pyrrole nitrogens is 1. The van der Waals surface area contributed by atoms with Crippen LogP contribution in [0.15, 0.2) is 91.1 Å². The Kier molecular flexibility index (Phi) is 18.6. The van der Waals surface area contributed by atoms with Crippen LogP contribution in [0.2, 0.25) is 0 Å². The molecule has 1 aromatic heterocycles. The molecular formula is C47H59N7O10. The summed E-state index contributed by atoms with van der Waals surface area (Å²) in [6.45, 7) is 8.18. The van der Waals surface area contributed by atoms with Gasteiger partial charge in [0, 0.05) is 43.3 Å². The number of aliphatic carboxylic acids is 2. The number of carboxylic acids is 2. The van der Waals surface area contributed by atoms with Crippen molar-refractivity contribution in [2.45, 2.75) is 109 Å². The number of rotatable bonds is 24. The van der Waals surface area contributed by atoms with Crippen molar-refractivity contribution < 1.29 is 48.6 Å². The van der Waals surface area contributed by atoms with Crippen molar-refractivity contribution in [3.63, 3.8) is 0 Å². The third kappa shape index (κ3) is 14.5. The van der Waals surface area contributed by atoms with E-state index in [4.69, 9.17) is 0 Å². The van der Waals surface area contributed by atoms with E-state index in [2.05, 4.69) is 36.9 Å². The smallest absolute Gasteiger partial charge is 0.326 e. The molecule has 3 aromatic carbocycles. The number of hydrogen-bond acceptors (Lipinski definition) is 8. The van der Waals surface area contributed by atoms with Gasteiger partial charge in [-0.3, -0.25) is 33.6 Å². The second-order valence-corrected chi connectivity index (χ2v) is 16.1. The van der Waals surface area contributed by atoms with Gasteiger partial charge in [-0.1, -0.05) is 119 Å². The SMILES string of the molecule is CC[C@H](C)[C@H](NC(=O)[C@H](CC(=O)O)NC(=O)[C@@H](Cc1ccccc1)NC(=O)[C@@H](Cc1ccccc1)NC(C)=O)C(=O)N[C@H](C(=O)N[C@@H](Cc1c[nH]c2ccccc12)C(=O)O)[C@@H](C)CC. The standard InChI is InChI=1S/C47H59N7O10/c1-6-27(3)40(45(61)52-38(47(63)64)24-32-26-48-34-21-15-14-20-33(32)34)54-46(62)41(28(4)7-2)53-44(60)37(25-39(56)57)51-43(59)36(23-31-18-12-9-13-19-31)50-42(58)35(49-29(5)55)22-30-16-10-8-11-17-30/h8-21,26-28,35-38,40-41,48H,6-7,22-25H2,1-5H3,(H,49,55)(H,50,58)(H,51,59)(H,52,61)(H,53,60)(H,54,62)(H,56,57)(H,63,64)/t27-,28-,35+,36+,37-,38-,40-,41-/m0/s1. The fraction of sp³-hybridized carbons (Fsp3) is 0.404. The molecule has 17 nitrogen and oxygen atoms in total. The summed E-state index contributed by atoms with van der Waals surface area (Å²) in [5.41, 5.74) is 2.83. The van der Waals surface area contributed by atoms with Gasteiger partial charge in [0.2, 0.25) is 35.4 Å². The molecule has 0 bridgehead atoms. The zero-order chi connectivity index (χ0) is 46.9. The molecule has 0 radical (unpaired) electrons. The van der Waals surface area contributed by atoms with Crippen LogP contribution < -0.4 is 31.9 Å². The summed E-state index contributed by atoms with van der Waals surface area (Å²) in [4.78, 5) is 110. The van der Waals surface area contributed by atoms with Crippen LogP contribution in [0.25, 0.3) is 10.9 Å². The topological polar surface area (TPSA) is 265 Å². The van der Waals surface area contributed by atoms with Gasteiger partial charge >= 0.3 is 11.9 Å². The van der Waals surface area contributed by atoms with Gasteiger partial charge in [0.25, 0.3) is 0 Å². The van der Waals surface area contributed by atoms with Crippen LogP contribution in [0.1, 0.15) is 70.6 Å². The average Bonchev–Trinajstić information content (AvgIpc) is 3.68. The minimum Gasteiger partial charge on any atom is -0.481 e. The van der Waals surface area contributed by atoms with Gasteiger partial charge in [-0.25, -0.2) is 4.79 Å². The maximum atomic E-state index is 14.1. The predicted octanol–water partition coefficient (Wildman–Crippen LogP) is 2.78. The lowest BCUT2D eigenvalue weighted by Gasteiger charge is -2.30. The fourth-order valence-electron chi connectivity index (χ4n) is 7.17. The number of carbonyl (C=O) groups excluding carboxylic acids is 6. The summed E-state index contributed by atoms with van der Waals surface area (Å²) in [7, 11) is 0. The normalized spacial score (nSPS) is 14.8. The highest BCUT2D eigenvalue weighted by molar-refractivity contribution is 5.98. The number of hydrogen-bond donors (Lipinski definition) is 9. The van der Waals surface area contributed by atoms with Gasteiger partial charge in [0.05, 0.1) is 6.42 Å². The van der Waals surface area contributed by atoms with E-state index in [1.807, 2.05) is 24.3 Å². The van der Waals surface area contributed by atoms with Crippen molar-refractivity contribution in [2.75, 3.05) is 0 Å². The van der Waals surface area contributed by atoms with Crippen molar-refractivity contribution >= 4 is 58.3 Å². The van der Waals surface area contributed by atoms with Gasteiger partial charge in [-0.15, -0.1) is 0 Å². The summed E-state index contributed by atoms with van der Waals surface area (Å²) >= 11 is 0. The predicted molar refractivity (Wildman–Crippen MR) is 238 cm³/mol. The second kappa shape index (κ2) is 24.0. The first-order chi connectivity index (χ1) is 30.5. The third-order valence-electron chi connectivity index (χ3n) is 11.2. The molecule has 0 spiro atoms. The molecule has 0 unspecified atom stereocenters. The fourth-order valence-corrected chi connectivity index (χ4v) is 7.17. The molecule has 6 amide bonds. The van der Waals surface area contributed by atoms with E-state index < -0.39 is 102 Å². The molecule has 17 heteroatoms. The van der Waals surface area contributed by atoms with Gasteiger partial charge < -0.3 is 47.1 Å². The maximum absolute atomic E-state index is 14.1. The van der Waals surface area contributed by atoms with Gasteiger partial charge in [-0.05, 0) is 34.6 Å². The number of para-hydroxylation sites is 1. The minimum absolute atomic E-state index is 0.0477. The van der Waals surface area contributed by atoms with Crippen molar-refractivity contribution in [1.82, 2.24) is 36.9 Å². The molecule has 0 saturated carbocycles. The van der Waals surface area contributed by atoms with Crippen LogP contribution >= 0.6 is 0 Å². The minimum atomic E-state index is -1.73. The summed E-state index contributed by atoms with van der Waals surface area (Å²) in [6.07, 6.45) is 1.52. The Morgan fingerprint density at radius 2 is 0.969 bits per heavy atom. The van der Waals surface area contributed by atoms with E-state index in [1.165, 1.54) is 6.92 Å². The molecule has 0 aliphatic rings. The van der Waals surface area contributed by atoms with Crippen LogP contribution in [0.5, 0.6) is 0 Å². The zero-order valence-corrected chi connectivity index (χ0v) is 36.7. The highest BCUT2D eigenvalue weighted by Gasteiger charge is 2.37. The Labute approximate surface area is 371 Å². The lowest BCUT2D eigenvalue weighted by atomic mass is 9.94. The van der Waals surface area contributed by atoms with Crippen molar-refractivity contribution in [1.29, 1.82) is 0 Å². The zero-order valence-electron chi connectivity index (χ0n) is 36.7. The van der Waals surface area contributed by atoms with Crippen molar-refractivity contribution in [3.8, 4) is 0 Å². The molecule has 342 valence electrons. The first kappa shape index (κ1) is 49.6. The molecule has 4 rings (SSSR count). The van der Waals surface area contributed by atoms with Crippen molar-refractivity contribution in [3.05, 3.63) is 108 Å². The highest BCUT2D eigenvalue weighted by Crippen LogP contribution is 2.20. The van der Waals surface area contributed by atoms with Gasteiger partial charge in [0.15, 0.2) is 0 Å².